The Morgan fingerprint density at radius 1 is 1.00 bits per heavy atom. The summed E-state index contributed by atoms with van der Waals surface area (Å²) in [5.74, 6) is 0. The molecular formula is C17H16S. The van der Waals surface area contributed by atoms with Crippen LogP contribution in [-0.2, 0) is 6.42 Å². The lowest BCUT2D eigenvalue weighted by Gasteiger charge is -2.08. The van der Waals surface area contributed by atoms with Crippen LogP contribution < -0.4 is 0 Å². The Morgan fingerprint density at radius 2 is 1.78 bits per heavy atom. The molecule has 0 unspecified atom stereocenters. The molecule has 1 heteroatoms. The Morgan fingerprint density at radius 3 is 2.50 bits per heavy atom. The van der Waals surface area contributed by atoms with Crippen LogP contribution in [0.25, 0.3) is 21.2 Å². The van der Waals surface area contributed by atoms with E-state index in [4.69, 9.17) is 0 Å². The van der Waals surface area contributed by atoms with Gasteiger partial charge in [-0.25, -0.2) is 0 Å². The summed E-state index contributed by atoms with van der Waals surface area (Å²) in [5.41, 5.74) is 4.14. The number of benzene rings is 2. The van der Waals surface area contributed by atoms with E-state index in [-0.39, 0.29) is 0 Å². The lowest BCUT2D eigenvalue weighted by atomic mass is 9.97. The van der Waals surface area contributed by atoms with E-state index >= 15 is 0 Å². The summed E-state index contributed by atoms with van der Waals surface area (Å²) >= 11 is 1.89. The molecule has 0 amide bonds. The Hall–Kier alpha value is -1.60. The normalized spacial score (nSPS) is 11.0. The molecule has 0 aliphatic carbocycles. The topological polar surface area (TPSA) is 0 Å². The van der Waals surface area contributed by atoms with Crippen molar-refractivity contribution >= 4 is 21.4 Å². The highest BCUT2D eigenvalue weighted by Crippen LogP contribution is 2.33. The highest BCUT2D eigenvalue weighted by Gasteiger charge is 2.07. The zero-order valence-electron chi connectivity index (χ0n) is 10.7. The van der Waals surface area contributed by atoms with Gasteiger partial charge in [-0.1, -0.05) is 37.3 Å². The molecule has 3 aromatic rings. The van der Waals surface area contributed by atoms with Gasteiger partial charge < -0.3 is 0 Å². The first-order chi connectivity index (χ1) is 8.78. The third kappa shape index (κ3) is 1.95. The van der Waals surface area contributed by atoms with Gasteiger partial charge in [-0.15, -0.1) is 11.3 Å². The Kier molecular flexibility index (Phi) is 2.92. The first-order valence-electron chi connectivity index (χ1n) is 6.36. The van der Waals surface area contributed by atoms with Gasteiger partial charge in [0.25, 0.3) is 0 Å². The van der Waals surface area contributed by atoms with Crippen molar-refractivity contribution in [3.8, 4) is 11.1 Å². The first kappa shape index (κ1) is 11.5. The summed E-state index contributed by atoms with van der Waals surface area (Å²) < 4.78 is 1.41. The van der Waals surface area contributed by atoms with Crippen LogP contribution in [-0.4, -0.2) is 0 Å². The van der Waals surface area contributed by atoms with Crippen LogP contribution in [0.3, 0.4) is 0 Å². The van der Waals surface area contributed by atoms with Gasteiger partial charge in [0, 0.05) is 9.58 Å². The van der Waals surface area contributed by atoms with Crippen LogP contribution in [0, 0.1) is 6.92 Å². The summed E-state index contributed by atoms with van der Waals surface area (Å²) in [6.45, 7) is 4.41. The van der Waals surface area contributed by atoms with Crippen LogP contribution in [0.4, 0.5) is 0 Å². The summed E-state index contributed by atoms with van der Waals surface area (Å²) in [6.07, 6.45) is 1.08. The highest BCUT2D eigenvalue weighted by atomic mass is 32.1. The fraction of sp³-hybridized carbons (Fsp3) is 0.176. The largest absolute Gasteiger partial charge is 0.141 e. The van der Waals surface area contributed by atoms with Crippen LogP contribution in [0.1, 0.15) is 17.4 Å². The zero-order chi connectivity index (χ0) is 12.5. The average molecular weight is 252 g/mol. The van der Waals surface area contributed by atoms with Gasteiger partial charge in [-0.2, -0.15) is 0 Å². The predicted molar refractivity (Wildman–Crippen MR) is 81.4 cm³/mol. The average Bonchev–Trinajstić information content (AvgIpc) is 2.77. The molecule has 0 atom stereocenters. The molecule has 0 fully saturated rings. The summed E-state index contributed by atoms with van der Waals surface area (Å²) in [6, 6.07) is 17.7. The molecule has 0 saturated carbocycles. The SMILES string of the molecule is CCc1cc2sc(C)cc2cc1-c1ccccc1. The van der Waals surface area contributed by atoms with E-state index in [2.05, 4.69) is 62.4 Å². The summed E-state index contributed by atoms with van der Waals surface area (Å²) in [7, 11) is 0. The maximum atomic E-state index is 2.36. The van der Waals surface area contributed by atoms with Crippen molar-refractivity contribution in [2.75, 3.05) is 0 Å². The molecule has 0 bridgehead atoms. The van der Waals surface area contributed by atoms with Crippen LogP contribution in [0.2, 0.25) is 0 Å². The second-order valence-corrected chi connectivity index (χ2v) is 5.91. The van der Waals surface area contributed by atoms with E-state index in [0.717, 1.165) is 6.42 Å². The van der Waals surface area contributed by atoms with E-state index in [1.54, 1.807) is 0 Å². The standard InChI is InChI=1S/C17H16S/c1-3-13-11-17-15(9-12(2)18-17)10-16(13)14-7-5-4-6-8-14/h4-11H,3H2,1-2H3. The van der Waals surface area contributed by atoms with Gasteiger partial charge in [-0.05, 0) is 53.6 Å². The lowest BCUT2D eigenvalue weighted by molar-refractivity contribution is 1.15. The monoisotopic (exact) mass is 252 g/mol. The van der Waals surface area contributed by atoms with Crippen molar-refractivity contribution in [3.05, 3.63) is 59.0 Å². The molecule has 0 saturated heterocycles. The molecule has 0 spiro atoms. The molecule has 1 heterocycles. The molecule has 2 aromatic carbocycles. The van der Waals surface area contributed by atoms with Crippen molar-refractivity contribution < 1.29 is 0 Å². The van der Waals surface area contributed by atoms with Crippen molar-refractivity contribution in [2.24, 2.45) is 0 Å². The minimum atomic E-state index is 1.08. The van der Waals surface area contributed by atoms with Crippen LogP contribution in [0.15, 0.2) is 48.5 Å². The molecular weight excluding hydrogens is 236 g/mol. The molecule has 0 aliphatic rings. The quantitative estimate of drug-likeness (QED) is 0.569. The first-order valence-corrected chi connectivity index (χ1v) is 7.18. The number of rotatable bonds is 2. The number of hydrogen-bond acceptors (Lipinski definition) is 1. The van der Waals surface area contributed by atoms with Gasteiger partial charge in [-0.3, -0.25) is 0 Å². The minimum absolute atomic E-state index is 1.08. The molecule has 0 radical (unpaired) electrons. The molecule has 18 heavy (non-hydrogen) atoms. The molecule has 1 aromatic heterocycles. The molecule has 90 valence electrons. The smallest absolute Gasteiger partial charge is 0.0348 e. The van der Waals surface area contributed by atoms with Gasteiger partial charge >= 0.3 is 0 Å². The van der Waals surface area contributed by atoms with Gasteiger partial charge in [0.1, 0.15) is 0 Å². The third-order valence-electron chi connectivity index (χ3n) is 3.33. The van der Waals surface area contributed by atoms with Gasteiger partial charge in [0.05, 0.1) is 0 Å². The van der Waals surface area contributed by atoms with Crippen molar-refractivity contribution in [3.63, 3.8) is 0 Å². The third-order valence-corrected chi connectivity index (χ3v) is 4.34. The van der Waals surface area contributed by atoms with E-state index in [1.807, 2.05) is 11.3 Å². The van der Waals surface area contributed by atoms with Crippen LogP contribution in [0.5, 0.6) is 0 Å². The minimum Gasteiger partial charge on any atom is -0.141 e. The number of fused-ring (bicyclic) bond motifs is 1. The second-order valence-electron chi connectivity index (χ2n) is 4.62. The fourth-order valence-corrected chi connectivity index (χ4v) is 3.41. The number of hydrogen-bond donors (Lipinski definition) is 0. The van der Waals surface area contributed by atoms with Crippen LogP contribution >= 0.6 is 11.3 Å². The summed E-state index contributed by atoms with van der Waals surface area (Å²) in [5, 5.41) is 1.37. The summed E-state index contributed by atoms with van der Waals surface area (Å²) in [4.78, 5) is 1.39. The second kappa shape index (κ2) is 4.58. The Bertz CT molecular complexity index is 677. The number of thiophene rings is 1. The number of aryl methyl sites for hydroxylation is 2. The molecule has 3 rings (SSSR count). The predicted octanol–water partition coefficient (Wildman–Crippen LogP) is 5.44. The highest BCUT2D eigenvalue weighted by molar-refractivity contribution is 7.19. The fourth-order valence-electron chi connectivity index (χ4n) is 2.44. The lowest BCUT2D eigenvalue weighted by Crippen LogP contribution is -1.87. The van der Waals surface area contributed by atoms with Crippen molar-refractivity contribution in [1.82, 2.24) is 0 Å². The van der Waals surface area contributed by atoms with E-state index in [1.165, 1.54) is 31.7 Å². The van der Waals surface area contributed by atoms with Gasteiger partial charge in [0.15, 0.2) is 0 Å². The Labute approximate surface area is 112 Å². The van der Waals surface area contributed by atoms with Crippen molar-refractivity contribution in [2.45, 2.75) is 20.3 Å². The molecule has 0 aliphatic heterocycles. The maximum absolute atomic E-state index is 2.36. The molecule has 0 N–H and O–H groups in total. The molecule has 0 nitrogen and oxygen atoms in total. The zero-order valence-corrected chi connectivity index (χ0v) is 11.6. The van der Waals surface area contributed by atoms with E-state index in [0.29, 0.717) is 0 Å². The van der Waals surface area contributed by atoms with E-state index < -0.39 is 0 Å². The Balaban J connectivity index is 2.27. The van der Waals surface area contributed by atoms with Gasteiger partial charge in [0.2, 0.25) is 0 Å². The van der Waals surface area contributed by atoms with Crippen molar-refractivity contribution in [1.29, 1.82) is 0 Å². The maximum Gasteiger partial charge on any atom is 0.0348 e. The van der Waals surface area contributed by atoms with E-state index in [9.17, 15) is 0 Å².